The molecule has 1 aromatic heterocycles. The van der Waals surface area contributed by atoms with Gasteiger partial charge in [-0.2, -0.15) is 0 Å². The number of anilines is 1. The zero-order valence-corrected chi connectivity index (χ0v) is 10.6. The molecule has 1 aliphatic rings. The van der Waals surface area contributed by atoms with E-state index in [0.29, 0.717) is 5.69 Å². The lowest BCUT2D eigenvalue weighted by molar-refractivity contribution is -0.0796. The van der Waals surface area contributed by atoms with Crippen molar-refractivity contribution < 1.29 is 9.13 Å². The van der Waals surface area contributed by atoms with Crippen molar-refractivity contribution in [3.05, 3.63) is 17.8 Å². The minimum atomic E-state index is -0.371. The second kappa shape index (κ2) is 4.22. The first-order valence-corrected chi connectivity index (χ1v) is 5.73. The molecule has 94 valence electrons. The van der Waals surface area contributed by atoms with Gasteiger partial charge in [0.1, 0.15) is 6.33 Å². The van der Waals surface area contributed by atoms with E-state index in [1.54, 1.807) is 14.0 Å². The Balaban J connectivity index is 2.11. The normalized spacial score (nSPS) is 26.4. The monoisotopic (exact) mass is 239 g/mol. The highest BCUT2D eigenvalue weighted by atomic mass is 19.1. The van der Waals surface area contributed by atoms with Crippen LogP contribution < -0.4 is 5.32 Å². The Morgan fingerprint density at radius 1 is 1.47 bits per heavy atom. The molecule has 0 bridgehead atoms. The maximum absolute atomic E-state index is 13.7. The van der Waals surface area contributed by atoms with Crippen molar-refractivity contribution in [3.8, 4) is 0 Å². The molecule has 4 nitrogen and oxygen atoms in total. The molecule has 0 aliphatic heterocycles. The van der Waals surface area contributed by atoms with Gasteiger partial charge in [-0.05, 0) is 13.3 Å². The van der Waals surface area contributed by atoms with Crippen LogP contribution in [0.1, 0.15) is 26.0 Å². The van der Waals surface area contributed by atoms with Crippen molar-refractivity contribution in [1.82, 2.24) is 9.97 Å². The number of hydrogen-bond donors (Lipinski definition) is 1. The molecule has 0 spiro atoms. The number of methoxy groups -OCH3 is 1. The van der Waals surface area contributed by atoms with E-state index in [0.717, 1.165) is 6.42 Å². The second-order valence-electron chi connectivity index (χ2n) is 5.10. The lowest BCUT2D eigenvalue weighted by atomic mass is 9.64. The minimum Gasteiger partial charge on any atom is -0.381 e. The fourth-order valence-electron chi connectivity index (χ4n) is 2.25. The van der Waals surface area contributed by atoms with Crippen molar-refractivity contribution in [2.24, 2.45) is 5.41 Å². The zero-order chi connectivity index (χ0) is 12.6. The highest BCUT2D eigenvalue weighted by Gasteiger charge is 2.48. The Kier molecular flexibility index (Phi) is 3.03. The fourth-order valence-corrected chi connectivity index (χ4v) is 2.25. The molecule has 1 heterocycles. The third-order valence-electron chi connectivity index (χ3n) is 3.74. The maximum Gasteiger partial charge on any atom is 0.186 e. The summed E-state index contributed by atoms with van der Waals surface area (Å²) in [5, 5.41) is 3.14. The molecule has 1 saturated carbocycles. The van der Waals surface area contributed by atoms with Gasteiger partial charge in [0.25, 0.3) is 0 Å². The predicted octanol–water partition coefficient (Wildman–Crippen LogP) is 2.15. The summed E-state index contributed by atoms with van der Waals surface area (Å²) in [6, 6.07) is 0.177. The van der Waals surface area contributed by atoms with Crippen molar-refractivity contribution >= 4 is 5.82 Å². The summed E-state index contributed by atoms with van der Waals surface area (Å²) in [4.78, 5) is 7.75. The second-order valence-corrected chi connectivity index (χ2v) is 5.10. The van der Waals surface area contributed by atoms with E-state index >= 15 is 0 Å². The molecule has 0 radical (unpaired) electrons. The molecule has 1 fully saturated rings. The van der Waals surface area contributed by atoms with Gasteiger partial charge in [0, 0.05) is 18.6 Å². The van der Waals surface area contributed by atoms with Gasteiger partial charge in [-0.1, -0.05) is 13.8 Å². The molecule has 0 saturated heterocycles. The van der Waals surface area contributed by atoms with E-state index in [-0.39, 0.29) is 29.2 Å². The van der Waals surface area contributed by atoms with Crippen LogP contribution in [0, 0.1) is 18.2 Å². The van der Waals surface area contributed by atoms with Gasteiger partial charge in [0.2, 0.25) is 0 Å². The predicted molar refractivity (Wildman–Crippen MR) is 63.3 cm³/mol. The Hall–Kier alpha value is -1.23. The molecule has 17 heavy (non-hydrogen) atoms. The first kappa shape index (κ1) is 12.2. The Morgan fingerprint density at radius 2 is 2.18 bits per heavy atom. The number of ether oxygens (including phenoxy) is 1. The van der Waals surface area contributed by atoms with Crippen molar-refractivity contribution in [1.29, 1.82) is 0 Å². The van der Waals surface area contributed by atoms with Crippen LogP contribution >= 0.6 is 0 Å². The van der Waals surface area contributed by atoms with Crippen molar-refractivity contribution in [2.45, 2.75) is 39.3 Å². The lowest BCUT2D eigenvalue weighted by Crippen LogP contribution is -2.57. The number of hydrogen-bond acceptors (Lipinski definition) is 4. The molecular formula is C12H18FN3O. The summed E-state index contributed by atoms with van der Waals surface area (Å²) in [6.45, 7) is 5.84. The van der Waals surface area contributed by atoms with E-state index in [2.05, 4.69) is 29.1 Å². The van der Waals surface area contributed by atoms with Crippen LogP contribution in [0.4, 0.5) is 10.2 Å². The number of halogens is 1. The van der Waals surface area contributed by atoms with Gasteiger partial charge in [0.15, 0.2) is 11.6 Å². The number of aromatic nitrogens is 2. The van der Waals surface area contributed by atoms with Crippen molar-refractivity contribution in [3.63, 3.8) is 0 Å². The third-order valence-corrected chi connectivity index (χ3v) is 3.74. The van der Waals surface area contributed by atoms with Gasteiger partial charge in [0.05, 0.1) is 11.8 Å². The molecule has 0 amide bonds. The Bertz CT molecular complexity index is 422. The average molecular weight is 239 g/mol. The first-order valence-electron chi connectivity index (χ1n) is 5.73. The molecule has 2 rings (SSSR count). The summed E-state index contributed by atoms with van der Waals surface area (Å²) >= 11 is 0. The van der Waals surface area contributed by atoms with E-state index in [1.807, 2.05) is 0 Å². The SMILES string of the molecule is COC1CC(Nc2ncnc(C)c2F)C1(C)C. The summed E-state index contributed by atoms with van der Waals surface area (Å²) in [5.74, 6) is -0.0886. The molecular weight excluding hydrogens is 221 g/mol. The van der Waals surface area contributed by atoms with Crippen LogP contribution in [0.5, 0.6) is 0 Å². The summed E-state index contributed by atoms with van der Waals surface area (Å²) in [6.07, 6.45) is 2.46. The molecule has 1 aromatic rings. The molecule has 0 aromatic carbocycles. The maximum atomic E-state index is 13.7. The van der Waals surface area contributed by atoms with Crippen LogP contribution in [0.15, 0.2) is 6.33 Å². The Labute approximate surface area is 101 Å². The molecule has 1 aliphatic carbocycles. The van der Waals surface area contributed by atoms with Gasteiger partial charge < -0.3 is 10.1 Å². The van der Waals surface area contributed by atoms with Crippen LogP contribution in [-0.2, 0) is 4.74 Å². The number of rotatable bonds is 3. The molecule has 2 atom stereocenters. The van der Waals surface area contributed by atoms with E-state index < -0.39 is 0 Å². The molecule has 2 unspecified atom stereocenters. The highest BCUT2D eigenvalue weighted by Crippen LogP contribution is 2.43. The topological polar surface area (TPSA) is 47.0 Å². The number of nitrogens with zero attached hydrogens (tertiary/aromatic N) is 2. The van der Waals surface area contributed by atoms with Gasteiger partial charge in [-0.3, -0.25) is 0 Å². The molecule has 1 N–H and O–H groups in total. The summed E-state index contributed by atoms with van der Waals surface area (Å²) < 4.78 is 19.1. The van der Waals surface area contributed by atoms with E-state index in [9.17, 15) is 4.39 Å². The third kappa shape index (κ3) is 1.99. The Morgan fingerprint density at radius 3 is 2.76 bits per heavy atom. The van der Waals surface area contributed by atoms with Crippen LogP contribution in [0.25, 0.3) is 0 Å². The fraction of sp³-hybridized carbons (Fsp3) is 0.667. The molecule has 5 heteroatoms. The quantitative estimate of drug-likeness (QED) is 0.878. The highest BCUT2D eigenvalue weighted by molar-refractivity contribution is 5.40. The van der Waals surface area contributed by atoms with Gasteiger partial charge in [-0.25, -0.2) is 14.4 Å². The number of aryl methyl sites for hydroxylation is 1. The van der Waals surface area contributed by atoms with E-state index in [4.69, 9.17) is 4.74 Å². The van der Waals surface area contributed by atoms with E-state index in [1.165, 1.54) is 6.33 Å². The largest absolute Gasteiger partial charge is 0.381 e. The van der Waals surface area contributed by atoms with Crippen LogP contribution in [0.3, 0.4) is 0 Å². The minimum absolute atomic E-state index is 0.0138. The van der Waals surface area contributed by atoms with Gasteiger partial charge in [-0.15, -0.1) is 0 Å². The lowest BCUT2D eigenvalue weighted by Gasteiger charge is -2.51. The van der Waals surface area contributed by atoms with Gasteiger partial charge >= 0.3 is 0 Å². The summed E-state index contributed by atoms with van der Waals surface area (Å²) in [7, 11) is 1.71. The van der Waals surface area contributed by atoms with Crippen LogP contribution in [0.2, 0.25) is 0 Å². The van der Waals surface area contributed by atoms with Crippen LogP contribution in [-0.4, -0.2) is 29.2 Å². The summed E-state index contributed by atoms with van der Waals surface area (Å²) in [5.41, 5.74) is 0.350. The standard InChI is InChI=1S/C12H18FN3O/c1-7-10(13)11(15-6-14-7)16-8-5-9(17-4)12(8,2)3/h6,8-9H,5H2,1-4H3,(H,14,15,16). The zero-order valence-electron chi connectivity index (χ0n) is 10.6. The smallest absolute Gasteiger partial charge is 0.186 e. The first-order chi connectivity index (χ1) is 7.96. The average Bonchev–Trinajstić information content (AvgIpc) is 2.29. The number of nitrogens with one attached hydrogen (secondary N) is 1. The van der Waals surface area contributed by atoms with Crippen molar-refractivity contribution in [2.75, 3.05) is 12.4 Å².